The van der Waals surface area contributed by atoms with Crippen LogP contribution in [0.25, 0.3) is 87.7 Å². The van der Waals surface area contributed by atoms with E-state index in [9.17, 15) is 0 Å². The van der Waals surface area contributed by atoms with Gasteiger partial charge in [0.25, 0.3) is 0 Å². The van der Waals surface area contributed by atoms with E-state index in [1.165, 1.54) is 26.8 Å². The smallest absolute Gasteiger partial charge is 0.164 e. The van der Waals surface area contributed by atoms with Gasteiger partial charge in [-0.15, -0.1) is 44.1 Å². The maximum Gasteiger partial charge on any atom is 0.164 e. The maximum atomic E-state index is 6.51. The van der Waals surface area contributed by atoms with Crippen LogP contribution in [0, 0.1) is 0 Å². The molecule has 2 aromatic heterocycles. The molecular weight excluding hydrogens is 723 g/mol. The van der Waals surface area contributed by atoms with Gasteiger partial charge in [-0.1, -0.05) is 131 Å². The minimum absolute atomic E-state index is 0.0287. The molecule has 0 bridgehead atoms. The lowest BCUT2D eigenvalue weighted by atomic mass is 9.60. The summed E-state index contributed by atoms with van der Waals surface area (Å²) in [6.07, 6.45) is 0. The second-order valence-electron chi connectivity index (χ2n) is 14.2. The quantitative estimate of drug-likeness (QED) is 0.229. The SMILES string of the molecule is [B]c1c([B])c([B])c(-c2nc(-c3cccc(-c4cccc5c4sc4c(-c6ccc(-c7ccccc7)cc6)cccc45)c3)nc(-c3c([B])c([B])c([B])c([B])c3[B])n2)c([B])c1[B]. The van der Waals surface area contributed by atoms with Crippen molar-refractivity contribution in [2.45, 2.75) is 0 Å². The molecule has 3 nitrogen and oxygen atoms in total. The lowest BCUT2D eigenvalue weighted by Gasteiger charge is -2.22. The van der Waals surface area contributed by atoms with Crippen molar-refractivity contribution in [2.24, 2.45) is 0 Å². The summed E-state index contributed by atoms with van der Waals surface area (Å²) in [4.78, 5) is 14.4. The van der Waals surface area contributed by atoms with Crippen LogP contribution in [-0.2, 0) is 0 Å². The van der Waals surface area contributed by atoms with Gasteiger partial charge in [-0.2, -0.15) is 0 Å². The highest BCUT2D eigenvalue weighted by molar-refractivity contribution is 7.26. The van der Waals surface area contributed by atoms with E-state index in [1.54, 1.807) is 11.3 Å². The van der Waals surface area contributed by atoms with Gasteiger partial charge in [-0.3, -0.25) is 0 Å². The molecule has 9 rings (SSSR count). The van der Waals surface area contributed by atoms with Gasteiger partial charge in [0.05, 0.1) is 0 Å². The lowest BCUT2D eigenvalue weighted by Crippen LogP contribution is -2.55. The highest BCUT2D eigenvalue weighted by Crippen LogP contribution is 2.44. The van der Waals surface area contributed by atoms with E-state index in [2.05, 4.69) is 84.9 Å². The number of hydrogen-bond donors (Lipinski definition) is 0. The molecule has 0 amide bonds. The Morgan fingerprint density at radius 2 is 0.678 bits per heavy atom. The zero-order valence-electron chi connectivity index (χ0n) is 31.5. The Hall–Kier alpha value is -5.58. The van der Waals surface area contributed by atoms with E-state index in [1.807, 2.05) is 30.3 Å². The first-order valence-electron chi connectivity index (χ1n) is 18.4. The number of benzene rings is 7. The summed E-state index contributed by atoms with van der Waals surface area (Å²) >= 11 is 1.76. The molecule has 0 saturated carbocycles. The summed E-state index contributed by atoms with van der Waals surface area (Å²) in [7, 11) is 63.4. The number of aromatic nitrogens is 3. The van der Waals surface area contributed by atoms with E-state index in [4.69, 9.17) is 93.4 Å². The van der Waals surface area contributed by atoms with Crippen LogP contribution in [0.15, 0.2) is 115 Å². The van der Waals surface area contributed by atoms with Crippen LogP contribution in [0.2, 0.25) is 0 Å². The van der Waals surface area contributed by atoms with E-state index >= 15 is 0 Å². The minimum atomic E-state index is 0.0287. The maximum absolute atomic E-state index is 6.51. The molecule has 0 fully saturated rings. The van der Waals surface area contributed by atoms with Gasteiger partial charge < -0.3 is 0 Å². The molecule has 0 N–H and O–H groups in total. The zero-order chi connectivity index (χ0) is 41.3. The van der Waals surface area contributed by atoms with Gasteiger partial charge in [0.2, 0.25) is 0 Å². The topological polar surface area (TPSA) is 38.7 Å². The molecule has 59 heavy (non-hydrogen) atoms. The summed E-state index contributed by atoms with van der Waals surface area (Å²) in [5.41, 5.74) is 7.89. The Morgan fingerprint density at radius 3 is 1.19 bits per heavy atom. The average Bonchev–Trinajstić information content (AvgIpc) is 3.66. The predicted octanol–water partition coefficient (Wildman–Crippen LogP) is 0.180. The molecule has 250 valence electrons. The molecule has 0 atom stereocenters. The van der Waals surface area contributed by atoms with Crippen molar-refractivity contribution in [3.63, 3.8) is 0 Å². The lowest BCUT2D eigenvalue weighted by molar-refractivity contribution is 1.08. The molecule has 20 radical (unpaired) electrons. The summed E-state index contributed by atoms with van der Waals surface area (Å²) in [5.74, 6) is 0.303. The van der Waals surface area contributed by atoms with Gasteiger partial charge >= 0.3 is 0 Å². The van der Waals surface area contributed by atoms with E-state index in [0.29, 0.717) is 5.56 Å². The van der Waals surface area contributed by atoms with Crippen molar-refractivity contribution in [3.8, 4) is 67.5 Å². The Labute approximate surface area is 360 Å². The molecule has 0 saturated heterocycles. The van der Waals surface area contributed by atoms with Gasteiger partial charge in [-0.05, 0) is 39.4 Å². The fraction of sp³-hybridized carbons (Fsp3) is 0. The van der Waals surface area contributed by atoms with Crippen LogP contribution < -0.4 is 54.6 Å². The standard InChI is InChI=1S/C45H19B10N3S/c46-31-29(32(47)36(51)39(54)35(31)50)44-56-43(57-45(58-44)30-33(48)37(52)40(55)38(53)34(30)49)24-10-4-9-23(19-24)26-12-6-14-28-27-13-5-11-25(41(27)59-42(26)28)22-17-15-21(16-18-22)20-7-2-1-3-8-20/h1-19H. The Morgan fingerprint density at radius 1 is 0.305 bits per heavy atom. The van der Waals surface area contributed by atoms with E-state index in [-0.39, 0.29) is 83.2 Å². The molecule has 0 spiro atoms. The minimum Gasteiger partial charge on any atom is -0.208 e. The Kier molecular flexibility index (Phi) is 10.0. The van der Waals surface area contributed by atoms with Crippen molar-refractivity contribution in [3.05, 3.63) is 115 Å². The predicted molar refractivity (Wildman–Crippen MR) is 259 cm³/mol. The number of fused-ring (bicyclic) bond motifs is 3. The first-order valence-corrected chi connectivity index (χ1v) is 19.2. The number of hydrogen-bond acceptors (Lipinski definition) is 4. The molecule has 9 aromatic rings. The highest BCUT2D eigenvalue weighted by Gasteiger charge is 2.22. The number of rotatable bonds is 6. The van der Waals surface area contributed by atoms with Crippen molar-refractivity contribution < 1.29 is 0 Å². The zero-order valence-corrected chi connectivity index (χ0v) is 32.3. The van der Waals surface area contributed by atoms with Crippen LogP contribution in [0.1, 0.15) is 0 Å². The molecule has 0 aliphatic rings. The van der Waals surface area contributed by atoms with Crippen LogP contribution in [-0.4, -0.2) is 93.4 Å². The van der Waals surface area contributed by atoms with Gasteiger partial charge in [0.1, 0.15) is 78.5 Å². The second-order valence-corrected chi connectivity index (χ2v) is 15.2. The molecule has 2 heterocycles. The second kappa shape index (κ2) is 15.2. The molecule has 7 aromatic carbocycles. The van der Waals surface area contributed by atoms with Crippen molar-refractivity contribution >= 4 is 165 Å². The van der Waals surface area contributed by atoms with Crippen LogP contribution in [0.3, 0.4) is 0 Å². The van der Waals surface area contributed by atoms with Gasteiger partial charge in [0, 0.05) is 36.9 Å². The monoisotopic (exact) mass is 743 g/mol. The van der Waals surface area contributed by atoms with Gasteiger partial charge in [0.15, 0.2) is 17.5 Å². The third-order valence-corrected chi connectivity index (χ3v) is 12.0. The Bertz CT molecular complexity index is 3020. The van der Waals surface area contributed by atoms with Crippen molar-refractivity contribution in [1.29, 1.82) is 0 Å². The summed E-state index contributed by atoms with van der Waals surface area (Å²) in [6, 6.07) is 39.7. The number of thiophene rings is 1. The summed E-state index contributed by atoms with van der Waals surface area (Å²) in [5, 5.41) is 2.32. The van der Waals surface area contributed by atoms with Crippen LogP contribution >= 0.6 is 11.3 Å². The average molecular weight is 742 g/mol. The van der Waals surface area contributed by atoms with Crippen molar-refractivity contribution in [1.82, 2.24) is 15.0 Å². The first kappa shape index (κ1) is 38.9. The van der Waals surface area contributed by atoms with E-state index < -0.39 is 0 Å². The van der Waals surface area contributed by atoms with E-state index in [0.717, 1.165) is 26.8 Å². The van der Waals surface area contributed by atoms with Crippen LogP contribution in [0.5, 0.6) is 0 Å². The third-order valence-electron chi connectivity index (χ3n) is 10.7. The first-order chi connectivity index (χ1) is 28.4. The molecule has 0 aliphatic heterocycles. The molecule has 14 heteroatoms. The van der Waals surface area contributed by atoms with Crippen LogP contribution in [0.4, 0.5) is 0 Å². The summed E-state index contributed by atoms with van der Waals surface area (Å²) < 4.78 is 2.33. The largest absolute Gasteiger partial charge is 0.208 e. The fourth-order valence-corrected chi connectivity index (χ4v) is 8.86. The summed E-state index contributed by atoms with van der Waals surface area (Å²) in [6.45, 7) is 0. The number of nitrogens with zero attached hydrogens (tertiary/aromatic N) is 3. The fourth-order valence-electron chi connectivity index (χ4n) is 7.48. The Balaban J connectivity index is 1.21. The third kappa shape index (κ3) is 6.57. The van der Waals surface area contributed by atoms with Crippen molar-refractivity contribution in [2.75, 3.05) is 0 Å². The molecule has 0 unspecified atom stereocenters. The molecular formula is C45H19B10N3S. The highest BCUT2D eigenvalue weighted by atomic mass is 32.1. The normalized spacial score (nSPS) is 11.4. The molecule has 0 aliphatic carbocycles. The van der Waals surface area contributed by atoms with Gasteiger partial charge in [-0.25, -0.2) is 15.0 Å².